The van der Waals surface area contributed by atoms with Gasteiger partial charge in [0.2, 0.25) is 0 Å². The fourth-order valence-corrected chi connectivity index (χ4v) is 1.96. The van der Waals surface area contributed by atoms with Gasteiger partial charge in [0.05, 0.1) is 5.92 Å². The standard InChI is InChI=1S/C10H8ClFO2/c11-7-2-1-3-8(12)9(7)5-4-6(5)10(13)14/h1-3,5-6H,4H2,(H,13,14)/t5?,6-/m0/s1. The summed E-state index contributed by atoms with van der Waals surface area (Å²) in [6.07, 6.45) is 0.482. The van der Waals surface area contributed by atoms with Crippen molar-refractivity contribution < 1.29 is 14.3 Å². The molecule has 2 rings (SSSR count). The Morgan fingerprint density at radius 3 is 2.79 bits per heavy atom. The van der Waals surface area contributed by atoms with Gasteiger partial charge < -0.3 is 5.11 Å². The van der Waals surface area contributed by atoms with Crippen molar-refractivity contribution in [3.8, 4) is 0 Å². The summed E-state index contributed by atoms with van der Waals surface area (Å²) < 4.78 is 13.3. The van der Waals surface area contributed by atoms with Crippen molar-refractivity contribution >= 4 is 17.6 Å². The predicted octanol–water partition coefficient (Wildman–Crippen LogP) is 2.67. The molecule has 1 aromatic rings. The summed E-state index contributed by atoms with van der Waals surface area (Å²) in [5, 5.41) is 9.02. The Kier molecular flexibility index (Phi) is 2.19. The first-order valence-corrected chi connectivity index (χ1v) is 4.65. The van der Waals surface area contributed by atoms with Crippen LogP contribution in [0, 0.1) is 11.7 Å². The Balaban J connectivity index is 2.31. The van der Waals surface area contributed by atoms with E-state index in [-0.39, 0.29) is 5.92 Å². The first-order valence-electron chi connectivity index (χ1n) is 4.28. The maximum Gasteiger partial charge on any atom is 0.307 e. The highest BCUT2D eigenvalue weighted by Crippen LogP contribution is 2.50. The summed E-state index contributed by atoms with van der Waals surface area (Å²) in [6, 6.07) is 4.40. The average Bonchev–Trinajstić information content (AvgIpc) is 2.83. The SMILES string of the molecule is O=C(O)[C@H]1CC1c1c(F)cccc1Cl. The molecule has 4 heteroatoms. The molecule has 0 bridgehead atoms. The zero-order valence-corrected chi connectivity index (χ0v) is 7.96. The molecule has 0 saturated heterocycles. The third-order valence-corrected chi connectivity index (χ3v) is 2.81. The van der Waals surface area contributed by atoms with Crippen molar-refractivity contribution in [1.29, 1.82) is 0 Å². The van der Waals surface area contributed by atoms with E-state index in [1.54, 1.807) is 6.07 Å². The summed E-state index contributed by atoms with van der Waals surface area (Å²) >= 11 is 5.80. The molecule has 74 valence electrons. The summed E-state index contributed by atoms with van der Waals surface area (Å²) in [4.78, 5) is 10.6. The number of carboxylic acids is 1. The molecule has 14 heavy (non-hydrogen) atoms. The van der Waals surface area contributed by atoms with Gasteiger partial charge in [0.25, 0.3) is 0 Å². The fourth-order valence-electron chi connectivity index (χ4n) is 1.65. The van der Waals surface area contributed by atoms with Crippen LogP contribution in [0.3, 0.4) is 0 Å². The van der Waals surface area contributed by atoms with Crippen LogP contribution in [-0.4, -0.2) is 11.1 Å². The second-order valence-electron chi connectivity index (χ2n) is 3.42. The van der Waals surface area contributed by atoms with E-state index >= 15 is 0 Å². The lowest BCUT2D eigenvalue weighted by Crippen LogP contribution is -2.00. The minimum atomic E-state index is -0.880. The van der Waals surface area contributed by atoms with Gasteiger partial charge in [-0.1, -0.05) is 17.7 Å². The van der Waals surface area contributed by atoms with E-state index < -0.39 is 17.7 Å². The van der Waals surface area contributed by atoms with E-state index in [1.165, 1.54) is 12.1 Å². The lowest BCUT2D eigenvalue weighted by Gasteiger charge is -2.03. The van der Waals surface area contributed by atoms with Crippen LogP contribution in [0.4, 0.5) is 4.39 Å². The van der Waals surface area contributed by atoms with Crippen LogP contribution in [0.15, 0.2) is 18.2 Å². The quantitative estimate of drug-likeness (QED) is 0.822. The van der Waals surface area contributed by atoms with Crippen LogP contribution in [0.5, 0.6) is 0 Å². The number of rotatable bonds is 2. The van der Waals surface area contributed by atoms with E-state index in [9.17, 15) is 9.18 Å². The van der Waals surface area contributed by atoms with Gasteiger partial charge >= 0.3 is 5.97 Å². The molecule has 0 amide bonds. The first-order chi connectivity index (χ1) is 6.61. The minimum absolute atomic E-state index is 0.249. The minimum Gasteiger partial charge on any atom is -0.481 e. The summed E-state index contributed by atoms with van der Waals surface area (Å²) in [5.74, 6) is -2.01. The second-order valence-corrected chi connectivity index (χ2v) is 3.83. The van der Waals surface area contributed by atoms with Gasteiger partial charge in [0.1, 0.15) is 5.82 Å². The molecule has 0 aliphatic heterocycles. The molecular weight excluding hydrogens is 207 g/mol. The number of benzene rings is 1. The molecule has 0 radical (unpaired) electrons. The summed E-state index contributed by atoms with van der Waals surface area (Å²) in [5.41, 5.74) is 0.349. The highest BCUT2D eigenvalue weighted by molar-refractivity contribution is 6.31. The fraction of sp³-hybridized carbons (Fsp3) is 0.300. The molecule has 1 aliphatic rings. The van der Waals surface area contributed by atoms with Crippen molar-refractivity contribution in [1.82, 2.24) is 0 Å². The number of hydrogen-bond donors (Lipinski definition) is 1. The van der Waals surface area contributed by atoms with Crippen molar-refractivity contribution in [2.24, 2.45) is 5.92 Å². The van der Waals surface area contributed by atoms with Crippen LogP contribution in [0.25, 0.3) is 0 Å². The van der Waals surface area contributed by atoms with Gasteiger partial charge in [-0.05, 0) is 18.6 Å². The third kappa shape index (κ3) is 1.48. The number of carbonyl (C=O) groups is 1. The molecule has 1 aromatic carbocycles. The van der Waals surface area contributed by atoms with Gasteiger partial charge in [0.15, 0.2) is 0 Å². The van der Waals surface area contributed by atoms with Crippen molar-refractivity contribution in [2.75, 3.05) is 0 Å². The van der Waals surface area contributed by atoms with E-state index in [0.717, 1.165) is 0 Å². The largest absolute Gasteiger partial charge is 0.481 e. The molecule has 1 unspecified atom stereocenters. The van der Waals surface area contributed by atoms with Crippen LogP contribution < -0.4 is 0 Å². The third-order valence-electron chi connectivity index (χ3n) is 2.48. The normalized spacial score (nSPS) is 24.7. The second kappa shape index (κ2) is 3.24. The summed E-state index contributed by atoms with van der Waals surface area (Å²) in [6.45, 7) is 0. The molecule has 1 N–H and O–H groups in total. The van der Waals surface area contributed by atoms with E-state index in [2.05, 4.69) is 0 Å². The van der Waals surface area contributed by atoms with Crippen LogP contribution >= 0.6 is 11.6 Å². The maximum absolute atomic E-state index is 13.3. The molecule has 2 atom stereocenters. The smallest absolute Gasteiger partial charge is 0.307 e. The first kappa shape index (κ1) is 9.46. The molecule has 0 aromatic heterocycles. The van der Waals surface area contributed by atoms with E-state index in [4.69, 9.17) is 16.7 Å². The number of aliphatic carboxylic acids is 1. The van der Waals surface area contributed by atoms with Gasteiger partial charge in [-0.25, -0.2) is 4.39 Å². The molecule has 1 aliphatic carbocycles. The Morgan fingerprint density at radius 2 is 2.29 bits per heavy atom. The van der Waals surface area contributed by atoms with Crippen LogP contribution in [-0.2, 0) is 4.79 Å². The van der Waals surface area contributed by atoms with Gasteiger partial charge in [-0.2, -0.15) is 0 Å². The average molecular weight is 215 g/mol. The van der Waals surface area contributed by atoms with E-state index in [0.29, 0.717) is 17.0 Å². The molecular formula is C10H8ClFO2. The van der Waals surface area contributed by atoms with Crippen LogP contribution in [0.1, 0.15) is 17.9 Å². The van der Waals surface area contributed by atoms with Crippen LogP contribution in [0.2, 0.25) is 5.02 Å². The van der Waals surface area contributed by atoms with Gasteiger partial charge in [-0.3, -0.25) is 4.79 Å². The summed E-state index contributed by atoms with van der Waals surface area (Å²) in [7, 11) is 0. The van der Waals surface area contributed by atoms with Crippen molar-refractivity contribution in [3.05, 3.63) is 34.6 Å². The lowest BCUT2D eigenvalue weighted by atomic mass is 10.1. The number of carboxylic acid groups (broad SMARTS) is 1. The monoisotopic (exact) mass is 214 g/mol. The van der Waals surface area contributed by atoms with Gasteiger partial charge in [-0.15, -0.1) is 0 Å². The topological polar surface area (TPSA) is 37.3 Å². The molecule has 0 spiro atoms. The highest BCUT2D eigenvalue weighted by Gasteiger charge is 2.46. The van der Waals surface area contributed by atoms with Crippen molar-refractivity contribution in [3.63, 3.8) is 0 Å². The molecule has 2 nitrogen and oxygen atoms in total. The highest BCUT2D eigenvalue weighted by atomic mass is 35.5. The van der Waals surface area contributed by atoms with Crippen molar-refractivity contribution in [2.45, 2.75) is 12.3 Å². The lowest BCUT2D eigenvalue weighted by molar-refractivity contribution is -0.138. The molecule has 1 fully saturated rings. The number of halogens is 2. The Morgan fingerprint density at radius 1 is 1.57 bits per heavy atom. The zero-order valence-electron chi connectivity index (χ0n) is 7.21. The maximum atomic E-state index is 13.3. The Bertz CT molecular complexity index is 371. The molecule has 1 saturated carbocycles. The van der Waals surface area contributed by atoms with E-state index in [1.807, 2.05) is 0 Å². The zero-order chi connectivity index (χ0) is 10.3. The Labute approximate surface area is 85.3 Å². The Hall–Kier alpha value is -1.09. The molecule has 0 heterocycles. The number of hydrogen-bond acceptors (Lipinski definition) is 1. The van der Waals surface area contributed by atoms with Gasteiger partial charge in [0, 0.05) is 16.5 Å². The predicted molar refractivity (Wildman–Crippen MR) is 49.9 cm³/mol.